The molecule has 10 heteroatoms. The van der Waals surface area contributed by atoms with Crippen LogP contribution in [-0.4, -0.2) is 51.5 Å². The Balaban J connectivity index is 1.99. The van der Waals surface area contributed by atoms with Gasteiger partial charge in [0.1, 0.15) is 6.17 Å². The van der Waals surface area contributed by atoms with E-state index in [9.17, 15) is 29.7 Å². The summed E-state index contributed by atoms with van der Waals surface area (Å²) in [4.78, 5) is 40.3. The fourth-order valence-electron chi connectivity index (χ4n) is 4.05. The summed E-state index contributed by atoms with van der Waals surface area (Å²) in [6.45, 7) is 0. The first-order chi connectivity index (χ1) is 15.2. The van der Waals surface area contributed by atoms with Crippen molar-refractivity contribution in [3.8, 4) is 11.5 Å². The number of nitrogens with one attached hydrogen (secondary N) is 1. The van der Waals surface area contributed by atoms with Gasteiger partial charge in [0.05, 0.1) is 5.69 Å². The van der Waals surface area contributed by atoms with E-state index in [-0.39, 0.29) is 5.56 Å². The number of urea groups is 1. The number of benzene rings is 3. The predicted octanol–water partition coefficient (Wildman–Crippen LogP) is 2.10. The Hall–Kier alpha value is -4.31. The molecule has 2 unspecified atom stereocenters. The lowest BCUT2D eigenvalue weighted by atomic mass is 9.82. The maximum absolute atomic E-state index is 13.4. The van der Waals surface area contributed by atoms with Crippen molar-refractivity contribution in [1.29, 1.82) is 0 Å². The molecule has 2 atom stereocenters. The van der Waals surface area contributed by atoms with E-state index in [0.717, 1.165) is 27.3 Å². The van der Waals surface area contributed by atoms with Crippen LogP contribution in [0.5, 0.6) is 11.5 Å². The lowest BCUT2D eigenvalue weighted by Crippen LogP contribution is -2.76. The number of carboxylic acid groups (broad SMARTS) is 1. The van der Waals surface area contributed by atoms with E-state index in [4.69, 9.17) is 5.73 Å². The highest BCUT2D eigenvalue weighted by atomic mass is 16.4. The summed E-state index contributed by atoms with van der Waals surface area (Å²) in [6, 6.07) is 15.1. The molecule has 32 heavy (non-hydrogen) atoms. The Bertz CT molecular complexity index is 1260. The molecule has 1 aliphatic heterocycles. The Kier molecular flexibility index (Phi) is 4.86. The standard InChI is InChI=1S/C22H20N4O6/c1-25-19(29)22(24-20(30)31,13-9-10-16(27)17(28)11-13)18(23)26(21(25)32)15-8-4-6-12-5-2-3-7-14(12)15/h2-11,18,24,27-28H,23H2,1H3,(H,30,31). The molecule has 4 amide bonds. The highest BCUT2D eigenvalue weighted by molar-refractivity contribution is 6.14. The molecule has 1 saturated heterocycles. The predicted molar refractivity (Wildman–Crippen MR) is 115 cm³/mol. The van der Waals surface area contributed by atoms with E-state index in [1.165, 1.54) is 13.1 Å². The summed E-state index contributed by atoms with van der Waals surface area (Å²) in [5.74, 6) is -1.98. The van der Waals surface area contributed by atoms with Crippen molar-refractivity contribution in [2.24, 2.45) is 5.73 Å². The van der Waals surface area contributed by atoms with Gasteiger partial charge in [0.15, 0.2) is 17.0 Å². The number of carbonyl (C=O) groups excluding carboxylic acids is 2. The molecule has 164 valence electrons. The van der Waals surface area contributed by atoms with E-state index in [1.807, 2.05) is 18.2 Å². The first-order valence-electron chi connectivity index (χ1n) is 9.56. The second kappa shape index (κ2) is 7.43. The molecule has 0 spiro atoms. The maximum Gasteiger partial charge on any atom is 0.405 e. The third-order valence-electron chi connectivity index (χ3n) is 5.62. The quantitative estimate of drug-likeness (QED) is 0.394. The van der Waals surface area contributed by atoms with Gasteiger partial charge < -0.3 is 26.4 Å². The van der Waals surface area contributed by atoms with Crippen LogP contribution < -0.4 is 16.0 Å². The van der Waals surface area contributed by atoms with E-state index in [1.54, 1.807) is 24.3 Å². The summed E-state index contributed by atoms with van der Waals surface area (Å²) in [5.41, 5.74) is 4.64. The minimum atomic E-state index is -2.17. The minimum absolute atomic E-state index is 0.0442. The number of rotatable bonds is 3. The van der Waals surface area contributed by atoms with Crippen LogP contribution in [0.1, 0.15) is 5.56 Å². The Morgan fingerprint density at radius 3 is 2.41 bits per heavy atom. The number of nitrogens with zero attached hydrogens (tertiary/aromatic N) is 2. The average molecular weight is 436 g/mol. The number of phenols is 2. The number of hydrogen-bond acceptors (Lipinski definition) is 6. The maximum atomic E-state index is 13.4. The van der Waals surface area contributed by atoms with Crippen LogP contribution >= 0.6 is 0 Å². The van der Waals surface area contributed by atoms with Crippen molar-refractivity contribution >= 4 is 34.5 Å². The number of imide groups is 1. The highest BCUT2D eigenvalue weighted by Gasteiger charge is 2.58. The molecule has 0 bridgehead atoms. The van der Waals surface area contributed by atoms with Crippen LogP contribution in [0.25, 0.3) is 10.8 Å². The van der Waals surface area contributed by atoms with Crippen LogP contribution in [0.4, 0.5) is 15.3 Å². The third-order valence-corrected chi connectivity index (χ3v) is 5.62. The number of fused-ring (bicyclic) bond motifs is 1. The monoisotopic (exact) mass is 436 g/mol. The summed E-state index contributed by atoms with van der Waals surface area (Å²) >= 11 is 0. The molecule has 4 rings (SSSR count). The summed E-state index contributed by atoms with van der Waals surface area (Å²) in [7, 11) is 1.22. The number of likely N-dealkylation sites (N-methyl/N-ethyl adjacent to an activating group) is 1. The van der Waals surface area contributed by atoms with E-state index < -0.39 is 41.2 Å². The lowest BCUT2D eigenvalue weighted by molar-refractivity contribution is -0.137. The van der Waals surface area contributed by atoms with E-state index in [0.29, 0.717) is 11.1 Å². The van der Waals surface area contributed by atoms with Crippen LogP contribution in [0.3, 0.4) is 0 Å². The van der Waals surface area contributed by atoms with Gasteiger partial charge in [-0.05, 0) is 29.1 Å². The van der Waals surface area contributed by atoms with Crippen LogP contribution in [0, 0.1) is 0 Å². The highest BCUT2D eigenvalue weighted by Crippen LogP contribution is 2.40. The Labute approximate surface area is 182 Å². The van der Waals surface area contributed by atoms with E-state index in [2.05, 4.69) is 5.32 Å². The fraction of sp³-hybridized carbons (Fsp3) is 0.136. The zero-order chi connectivity index (χ0) is 23.2. The van der Waals surface area contributed by atoms with Crippen molar-refractivity contribution in [2.75, 3.05) is 11.9 Å². The Morgan fingerprint density at radius 2 is 1.72 bits per heavy atom. The minimum Gasteiger partial charge on any atom is -0.504 e. The van der Waals surface area contributed by atoms with Crippen LogP contribution in [0.2, 0.25) is 0 Å². The van der Waals surface area contributed by atoms with Gasteiger partial charge in [-0.15, -0.1) is 0 Å². The number of nitrogens with two attached hydrogens (primary N) is 1. The molecule has 6 N–H and O–H groups in total. The molecular formula is C22H20N4O6. The number of anilines is 1. The molecule has 10 nitrogen and oxygen atoms in total. The molecular weight excluding hydrogens is 416 g/mol. The summed E-state index contributed by atoms with van der Waals surface area (Å²) in [6.07, 6.45) is -3.09. The van der Waals surface area contributed by atoms with Crippen LogP contribution in [0.15, 0.2) is 60.7 Å². The van der Waals surface area contributed by atoms with Gasteiger partial charge in [0.25, 0.3) is 5.91 Å². The zero-order valence-electron chi connectivity index (χ0n) is 16.9. The normalized spacial score (nSPS) is 21.1. The van der Waals surface area contributed by atoms with Gasteiger partial charge in [0.2, 0.25) is 0 Å². The molecule has 0 aliphatic carbocycles. The number of carbonyl (C=O) groups is 3. The zero-order valence-corrected chi connectivity index (χ0v) is 16.9. The van der Waals surface area contributed by atoms with E-state index >= 15 is 0 Å². The SMILES string of the molecule is CN1C(=O)N(c2cccc3ccccc23)C(N)C(NC(=O)O)(c2ccc(O)c(O)c2)C1=O. The summed E-state index contributed by atoms with van der Waals surface area (Å²) < 4.78 is 0. The third kappa shape index (κ3) is 2.96. The van der Waals surface area contributed by atoms with Crippen molar-refractivity contribution in [3.63, 3.8) is 0 Å². The van der Waals surface area contributed by atoms with Gasteiger partial charge in [-0.2, -0.15) is 0 Å². The average Bonchev–Trinajstić information content (AvgIpc) is 2.77. The largest absolute Gasteiger partial charge is 0.504 e. The van der Waals surface area contributed by atoms with Crippen molar-refractivity contribution < 1.29 is 29.7 Å². The number of hydrogen-bond donors (Lipinski definition) is 5. The molecule has 3 aromatic carbocycles. The molecule has 0 aromatic heterocycles. The van der Waals surface area contributed by atoms with Crippen molar-refractivity contribution in [1.82, 2.24) is 10.2 Å². The van der Waals surface area contributed by atoms with Crippen molar-refractivity contribution in [2.45, 2.75) is 11.7 Å². The second-order valence-electron chi connectivity index (χ2n) is 7.40. The van der Waals surface area contributed by atoms with Gasteiger partial charge >= 0.3 is 12.1 Å². The lowest BCUT2D eigenvalue weighted by Gasteiger charge is -2.49. The topological polar surface area (TPSA) is 156 Å². The molecule has 0 saturated carbocycles. The second-order valence-corrected chi connectivity index (χ2v) is 7.40. The van der Waals surface area contributed by atoms with Gasteiger partial charge in [-0.1, -0.05) is 42.5 Å². The van der Waals surface area contributed by atoms with Gasteiger partial charge in [0, 0.05) is 12.4 Å². The van der Waals surface area contributed by atoms with Gasteiger partial charge in [-0.25, -0.2) is 9.59 Å². The molecule has 1 heterocycles. The van der Waals surface area contributed by atoms with Crippen LogP contribution in [-0.2, 0) is 10.3 Å². The summed E-state index contributed by atoms with van der Waals surface area (Å²) in [5, 5.41) is 33.0. The molecule has 1 fully saturated rings. The first-order valence-corrected chi connectivity index (χ1v) is 9.56. The number of aromatic hydroxyl groups is 2. The molecule has 0 radical (unpaired) electrons. The molecule has 3 aromatic rings. The first kappa shape index (κ1) is 20.9. The smallest absolute Gasteiger partial charge is 0.405 e. The molecule has 1 aliphatic rings. The fourth-order valence-corrected chi connectivity index (χ4v) is 4.05. The number of phenolic OH excluding ortho intramolecular Hbond substituents is 2. The Morgan fingerprint density at radius 1 is 1.03 bits per heavy atom. The number of amides is 4. The van der Waals surface area contributed by atoms with Gasteiger partial charge in [-0.3, -0.25) is 14.6 Å². The van der Waals surface area contributed by atoms with Crippen molar-refractivity contribution in [3.05, 3.63) is 66.2 Å².